The summed E-state index contributed by atoms with van der Waals surface area (Å²) in [4.78, 5) is 0. The summed E-state index contributed by atoms with van der Waals surface area (Å²) in [6.07, 6.45) is 6.54. The molecule has 0 unspecified atom stereocenters. The topological polar surface area (TPSA) is 172 Å². The molecule has 1 rings (SSSR count). The average Bonchev–Trinajstić information content (AvgIpc) is 2.69. The van der Waals surface area contributed by atoms with Gasteiger partial charge in [-0.15, -0.1) is 0 Å². The first-order valence-electron chi connectivity index (χ1n) is 11.4. The van der Waals surface area contributed by atoms with E-state index in [4.69, 9.17) is 18.7 Å². The van der Waals surface area contributed by atoms with Crippen molar-refractivity contribution < 1.29 is 156 Å². The van der Waals surface area contributed by atoms with E-state index in [0.717, 1.165) is 45.6 Å². The third-order valence-corrected chi connectivity index (χ3v) is 5.44. The first kappa shape index (κ1) is 31.7. The minimum atomic E-state index is -5.42. The van der Waals surface area contributed by atoms with E-state index in [-0.39, 0.29) is 127 Å². The van der Waals surface area contributed by atoms with Crippen molar-refractivity contribution in [3.63, 3.8) is 0 Å². The molecule has 0 bridgehead atoms. The van der Waals surface area contributed by atoms with E-state index in [1.807, 2.05) is 0 Å². The van der Waals surface area contributed by atoms with Crippen LogP contribution in [0.1, 0.15) is 66.6 Å². The number of rotatable bonds is 16. The smallest absolute Gasteiger partial charge is 0.716 e. The van der Waals surface area contributed by atoms with Crippen LogP contribution < -0.4 is 121 Å². The molecule has 0 fully saturated rings. The molecule has 0 aliphatic heterocycles. The first-order chi connectivity index (χ1) is 16.1. The zero-order valence-electron chi connectivity index (χ0n) is 22.9. The minimum Gasteiger partial charge on any atom is -0.716 e. The summed E-state index contributed by atoms with van der Waals surface area (Å²) in [6.45, 7) is 1.38. The van der Waals surface area contributed by atoms with Gasteiger partial charge in [0.2, 0.25) is 11.5 Å². The van der Waals surface area contributed by atoms with E-state index in [1.54, 1.807) is 0 Å². The van der Waals surface area contributed by atoms with E-state index in [0.29, 0.717) is 12.8 Å². The van der Waals surface area contributed by atoms with Crippen LogP contribution in [0.5, 0.6) is 23.0 Å². The Labute approximate surface area is 291 Å². The van der Waals surface area contributed by atoms with Gasteiger partial charge in [0.1, 0.15) is 0 Å². The quantitative estimate of drug-likeness (QED) is 0.0672. The number of hydrogen-bond acceptors (Lipinski definition) is 11. The Hall–Kier alpha value is 1.47. The fourth-order valence-electron chi connectivity index (χ4n) is 3.27. The van der Waals surface area contributed by atoms with E-state index in [2.05, 4.69) is 8.37 Å². The second kappa shape index (κ2) is 18.7. The van der Waals surface area contributed by atoms with Crippen molar-refractivity contribution in [1.29, 1.82) is 0 Å². The molecule has 15 heteroatoms. The van der Waals surface area contributed by atoms with E-state index >= 15 is 0 Å². The third-order valence-electron chi connectivity index (χ3n) is 4.70. The van der Waals surface area contributed by atoms with Crippen molar-refractivity contribution in [3.05, 3.63) is 11.1 Å². The zero-order valence-corrected chi connectivity index (χ0v) is 27.8. The van der Waals surface area contributed by atoms with Crippen LogP contribution in [-0.2, 0) is 27.2 Å². The molecule has 11 nitrogen and oxygen atoms in total. The molecule has 34 heavy (non-hydrogen) atoms. The largest absolute Gasteiger partial charge is 1.00 e. The van der Waals surface area contributed by atoms with Crippen molar-refractivity contribution in [2.75, 3.05) is 20.8 Å². The second-order valence-electron chi connectivity index (χ2n) is 7.01. The molecule has 0 aliphatic rings. The Bertz CT molecular complexity index is 1050. The van der Waals surface area contributed by atoms with Crippen LogP contribution in [0.15, 0.2) is 0 Å². The van der Waals surface area contributed by atoms with Gasteiger partial charge in [-0.1, -0.05) is 38.5 Å². The summed E-state index contributed by atoms with van der Waals surface area (Å²) < 4.78 is 109. The Morgan fingerprint density at radius 2 is 1.21 bits per heavy atom. The molecule has 0 spiro atoms. The van der Waals surface area contributed by atoms with Crippen LogP contribution in [0.25, 0.3) is 0 Å². The number of methoxy groups -OCH3 is 2. The number of hydrogen-bond donors (Lipinski definition) is 1. The fraction of sp³-hybridized carbons (Fsp3) is 0.684. The summed E-state index contributed by atoms with van der Waals surface area (Å²) in [5.74, 6) is -3.17. The molecule has 0 heterocycles. The van der Waals surface area contributed by atoms with Crippen LogP contribution >= 0.6 is 0 Å². The van der Waals surface area contributed by atoms with Gasteiger partial charge in [0.15, 0.2) is 11.5 Å². The van der Waals surface area contributed by atoms with Gasteiger partial charge in [-0.05, 0) is 26.2 Å². The number of aliphatic hydroxyl groups is 1. The molecular weight excluding hydrogens is 548 g/mol. The number of ether oxygens (including phenoxy) is 2. The summed E-state index contributed by atoms with van der Waals surface area (Å²) in [5, 5.41) is 8.78. The van der Waals surface area contributed by atoms with Gasteiger partial charge < -0.3 is 32.1 Å². The number of benzene rings is 1. The SMILES string of the molecule is [2H][13C]([2H])([2H])Oc1c(OS(=O)(=O)[O-])c(C)c(CCCCCCCCCCO)c(OS(=O)(=O)[O-])c1OC.[K+].[K+]. The predicted octanol–water partition coefficient (Wildman–Crippen LogP) is -3.65. The van der Waals surface area contributed by atoms with E-state index in [1.165, 1.54) is 6.92 Å². The standard InChI is InChI=1S/C19H32O11S2.2K/c1-14-15(12-10-8-6-4-5-7-9-11-13-20)17(30-32(24,25)26)19(28-3)18(27-2)16(14)29-31(21,22)23;;/h20H,4-13H2,1-3H3,(H,21,22,23)(H,24,25,26);;/q;2*+1/p-2/i2+1D3;;. The molecule has 0 aromatic heterocycles. The second-order valence-corrected chi connectivity index (χ2v) is 8.98. The normalized spacial score (nSPS) is 12.9. The molecule has 186 valence electrons. The maximum atomic E-state index is 11.4. The van der Waals surface area contributed by atoms with E-state index in [9.17, 15) is 25.9 Å². The van der Waals surface area contributed by atoms with Crippen molar-refractivity contribution in [1.82, 2.24) is 0 Å². The van der Waals surface area contributed by atoms with Gasteiger partial charge in [0.25, 0.3) is 20.8 Å². The Morgan fingerprint density at radius 3 is 1.65 bits per heavy atom. The van der Waals surface area contributed by atoms with Gasteiger partial charge in [0, 0.05) is 17.7 Å². The minimum absolute atomic E-state index is 0. The molecule has 1 N–H and O–H groups in total. The van der Waals surface area contributed by atoms with Crippen molar-refractivity contribution >= 4 is 20.8 Å². The third kappa shape index (κ3) is 13.9. The van der Waals surface area contributed by atoms with Crippen molar-refractivity contribution in [2.45, 2.75) is 64.7 Å². The molecule has 0 saturated carbocycles. The molecule has 1 aromatic rings. The van der Waals surface area contributed by atoms with Crippen LogP contribution in [-0.4, -0.2) is 51.8 Å². The summed E-state index contributed by atoms with van der Waals surface area (Å²) in [7, 11) is -13.0. The zero-order chi connectivity index (χ0) is 26.9. The van der Waals surface area contributed by atoms with Crippen LogP contribution in [0.2, 0.25) is 0 Å². The average molecular weight is 581 g/mol. The Morgan fingerprint density at radius 1 is 0.765 bits per heavy atom. The van der Waals surface area contributed by atoms with Gasteiger partial charge in [-0.2, -0.15) is 0 Å². The molecule has 0 aliphatic carbocycles. The monoisotopic (exact) mass is 580 g/mol. The summed E-state index contributed by atoms with van der Waals surface area (Å²) in [6, 6.07) is 0. The van der Waals surface area contributed by atoms with Gasteiger partial charge in [-0.25, -0.2) is 16.8 Å². The van der Waals surface area contributed by atoms with Gasteiger partial charge in [-0.3, -0.25) is 0 Å². The molecule has 0 amide bonds. The number of aliphatic hydroxyl groups excluding tert-OH is 1. The predicted molar refractivity (Wildman–Crippen MR) is 113 cm³/mol. The van der Waals surface area contributed by atoms with Gasteiger partial charge in [0.05, 0.1) is 18.3 Å². The van der Waals surface area contributed by atoms with Crippen LogP contribution in [0.4, 0.5) is 0 Å². The Balaban J connectivity index is 0. The van der Waals surface area contributed by atoms with Gasteiger partial charge >= 0.3 is 103 Å². The summed E-state index contributed by atoms with van der Waals surface area (Å²) >= 11 is 0. The molecule has 0 saturated heterocycles. The first-order valence-corrected chi connectivity index (χ1v) is 12.6. The maximum Gasteiger partial charge on any atom is 1.00 e. The van der Waals surface area contributed by atoms with Crippen LogP contribution in [0.3, 0.4) is 0 Å². The number of unbranched alkanes of at least 4 members (excludes halogenated alkanes) is 7. The maximum absolute atomic E-state index is 11.4. The Kier molecular flexibility index (Phi) is 17.4. The fourth-order valence-corrected chi connectivity index (χ4v) is 4.05. The van der Waals surface area contributed by atoms with Crippen molar-refractivity contribution in [3.8, 4) is 23.0 Å². The summed E-state index contributed by atoms with van der Waals surface area (Å²) in [5.41, 5.74) is -0.201. The van der Waals surface area contributed by atoms with E-state index < -0.39 is 50.8 Å². The molecular formula is C19H30K2O11S2. The molecule has 1 aromatic carbocycles. The molecule has 0 atom stereocenters. The molecule has 0 radical (unpaired) electrons. The van der Waals surface area contributed by atoms with Crippen LogP contribution in [0, 0.1) is 6.92 Å². The van der Waals surface area contributed by atoms with Crippen molar-refractivity contribution in [2.24, 2.45) is 0 Å².